The van der Waals surface area contributed by atoms with Crippen molar-refractivity contribution < 1.29 is 13.2 Å². The van der Waals surface area contributed by atoms with E-state index < -0.39 is 12.6 Å². The van der Waals surface area contributed by atoms with E-state index in [1.54, 1.807) is 7.05 Å². The monoisotopic (exact) mass is 238 g/mol. The van der Waals surface area contributed by atoms with Gasteiger partial charge < -0.3 is 10.2 Å². The number of nitrogens with one attached hydrogen (secondary N) is 1. The van der Waals surface area contributed by atoms with Gasteiger partial charge in [-0.15, -0.1) is 0 Å². The zero-order valence-electron chi connectivity index (χ0n) is 9.98. The standard InChI is InChI=1S/C11H21F3N2/c1-3-15-9-5-4-6-10(9)16(2)8-7-11(12,13)14/h9-10,15H,3-8H2,1-2H3. The Bertz CT molecular complexity index is 206. The van der Waals surface area contributed by atoms with E-state index in [1.807, 2.05) is 11.8 Å². The predicted molar refractivity (Wildman–Crippen MR) is 58.4 cm³/mol. The maximum atomic E-state index is 12.1. The second-order valence-electron chi connectivity index (χ2n) is 4.51. The van der Waals surface area contributed by atoms with Crippen molar-refractivity contribution in [1.82, 2.24) is 10.2 Å². The molecule has 1 rings (SSSR count). The van der Waals surface area contributed by atoms with Crippen molar-refractivity contribution in [3.05, 3.63) is 0 Å². The van der Waals surface area contributed by atoms with Gasteiger partial charge in [0, 0.05) is 18.6 Å². The van der Waals surface area contributed by atoms with Gasteiger partial charge in [-0.05, 0) is 26.4 Å². The molecule has 96 valence electrons. The second-order valence-corrected chi connectivity index (χ2v) is 4.51. The van der Waals surface area contributed by atoms with Crippen molar-refractivity contribution >= 4 is 0 Å². The van der Waals surface area contributed by atoms with Crippen LogP contribution in [0.2, 0.25) is 0 Å². The predicted octanol–water partition coefficient (Wildman–Crippen LogP) is 2.40. The lowest BCUT2D eigenvalue weighted by Crippen LogP contribution is -2.46. The van der Waals surface area contributed by atoms with Crippen LogP contribution in [0, 0.1) is 0 Å². The molecule has 0 aromatic rings. The first kappa shape index (κ1) is 13.8. The first-order valence-corrected chi connectivity index (χ1v) is 5.94. The van der Waals surface area contributed by atoms with Crippen LogP contribution in [0.15, 0.2) is 0 Å². The third-order valence-electron chi connectivity index (χ3n) is 3.26. The summed E-state index contributed by atoms with van der Waals surface area (Å²) >= 11 is 0. The van der Waals surface area contributed by atoms with E-state index in [2.05, 4.69) is 5.32 Å². The van der Waals surface area contributed by atoms with E-state index in [1.165, 1.54) is 0 Å². The molecular formula is C11H21F3N2. The fourth-order valence-corrected chi connectivity index (χ4v) is 2.44. The Morgan fingerprint density at radius 3 is 2.56 bits per heavy atom. The minimum atomic E-state index is -4.04. The van der Waals surface area contributed by atoms with Gasteiger partial charge in [0.1, 0.15) is 0 Å². The molecule has 2 unspecified atom stereocenters. The van der Waals surface area contributed by atoms with Gasteiger partial charge in [0.2, 0.25) is 0 Å². The summed E-state index contributed by atoms with van der Waals surface area (Å²) in [6.45, 7) is 3.02. The molecule has 1 N–H and O–H groups in total. The maximum Gasteiger partial charge on any atom is 0.390 e. The molecule has 0 spiro atoms. The van der Waals surface area contributed by atoms with Crippen molar-refractivity contribution in [3.8, 4) is 0 Å². The largest absolute Gasteiger partial charge is 0.390 e. The molecule has 0 heterocycles. The van der Waals surface area contributed by atoms with Gasteiger partial charge in [-0.2, -0.15) is 13.2 Å². The number of rotatable bonds is 5. The quantitative estimate of drug-likeness (QED) is 0.791. The average Bonchev–Trinajstić information content (AvgIpc) is 2.62. The van der Waals surface area contributed by atoms with Gasteiger partial charge in [-0.1, -0.05) is 13.3 Å². The lowest BCUT2D eigenvalue weighted by Gasteiger charge is -2.30. The zero-order valence-corrected chi connectivity index (χ0v) is 9.98. The molecule has 1 saturated carbocycles. The topological polar surface area (TPSA) is 15.3 Å². The highest BCUT2D eigenvalue weighted by molar-refractivity contribution is 4.89. The summed E-state index contributed by atoms with van der Waals surface area (Å²) in [5.74, 6) is 0. The minimum Gasteiger partial charge on any atom is -0.313 e. The first-order chi connectivity index (χ1) is 7.44. The molecule has 0 aliphatic heterocycles. The molecule has 0 radical (unpaired) electrons. The number of halogens is 3. The van der Waals surface area contributed by atoms with Crippen LogP contribution in [0.4, 0.5) is 13.2 Å². The Balaban J connectivity index is 2.37. The molecule has 2 atom stereocenters. The third-order valence-corrected chi connectivity index (χ3v) is 3.26. The summed E-state index contributed by atoms with van der Waals surface area (Å²) in [4.78, 5) is 1.85. The normalized spacial score (nSPS) is 26.6. The Morgan fingerprint density at radius 1 is 1.31 bits per heavy atom. The van der Waals surface area contributed by atoms with Crippen LogP contribution >= 0.6 is 0 Å². The third kappa shape index (κ3) is 4.29. The lowest BCUT2D eigenvalue weighted by atomic mass is 10.1. The minimum absolute atomic E-state index is 0.107. The molecule has 16 heavy (non-hydrogen) atoms. The van der Waals surface area contributed by atoms with Crippen LogP contribution in [0.1, 0.15) is 32.6 Å². The molecule has 2 nitrogen and oxygen atoms in total. The first-order valence-electron chi connectivity index (χ1n) is 5.94. The van der Waals surface area contributed by atoms with Crippen LogP contribution < -0.4 is 5.32 Å². The van der Waals surface area contributed by atoms with E-state index in [0.29, 0.717) is 6.04 Å². The van der Waals surface area contributed by atoms with Gasteiger partial charge in [0.05, 0.1) is 6.42 Å². The van der Waals surface area contributed by atoms with Crippen molar-refractivity contribution in [1.29, 1.82) is 0 Å². The van der Waals surface area contributed by atoms with Gasteiger partial charge >= 0.3 is 6.18 Å². The fraction of sp³-hybridized carbons (Fsp3) is 1.00. The summed E-state index contributed by atoms with van der Waals surface area (Å²) < 4.78 is 36.3. The van der Waals surface area contributed by atoms with E-state index in [9.17, 15) is 13.2 Å². The summed E-state index contributed by atoms with van der Waals surface area (Å²) in [6.07, 6.45) is -1.56. The molecule has 1 aliphatic rings. The summed E-state index contributed by atoms with van der Waals surface area (Å²) in [5, 5.41) is 3.35. The van der Waals surface area contributed by atoms with Crippen LogP contribution in [0.3, 0.4) is 0 Å². The number of nitrogens with zero attached hydrogens (tertiary/aromatic N) is 1. The summed E-state index contributed by atoms with van der Waals surface area (Å²) in [5.41, 5.74) is 0. The Labute approximate surface area is 95.2 Å². The summed E-state index contributed by atoms with van der Waals surface area (Å²) in [7, 11) is 1.80. The molecule has 0 amide bonds. The number of likely N-dealkylation sites (N-methyl/N-ethyl adjacent to an activating group) is 2. The zero-order chi connectivity index (χ0) is 12.2. The van der Waals surface area contributed by atoms with Gasteiger partial charge in [-0.25, -0.2) is 0 Å². The Kier molecular flexibility index (Phi) is 5.05. The highest BCUT2D eigenvalue weighted by atomic mass is 19.4. The highest BCUT2D eigenvalue weighted by Gasteiger charge is 2.32. The van der Waals surface area contributed by atoms with Crippen LogP contribution in [-0.2, 0) is 0 Å². The van der Waals surface area contributed by atoms with E-state index >= 15 is 0 Å². The van der Waals surface area contributed by atoms with Gasteiger partial charge in [-0.3, -0.25) is 0 Å². The smallest absolute Gasteiger partial charge is 0.313 e. The van der Waals surface area contributed by atoms with Gasteiger partial charge in [0.15, 0.2) is 0 Å². The Morgan fingerprint density at radius 2 is 2.00 bits per heavy atom. The molecule has 0 aromatic carbocycles. The fourth-order valence-electron chi connectivity index (χ4n) is 2.44. The van der Waals surface area contributed by atoms with Crippen LogP contribution in [0.5, 0.6) is 0 Å². The molecule has 0 saturated heterocycles. The number of hydrogen-bond donors (Lipinski definition) is 1. The van der Waals surface area contributed by atoms with E-state index in [4.69, 9.17) is 0 Å². The van der Waals surface area contributed by atoms with Crippen molar-refractivity contribution in [3.63, 3.8) is 0 Å². The Hall–Kier alpha value is -0.290. The van der Waals surface area contributed by atoms with Crippen molar-refractivity contribution in [2.75, 3.05) is 20.1 Å². The van der Waals surface area contributed by atoms with E-state index in [0.717, 1.165) is 25.8 Å². The van der Waals surface area contributed by atoms with Crippen LogP contribution in [-0.4, -0.2) is 43.3 Å². The summed E-state index contributed by atoms with van der Waals surface area (Å²) in [6, 6.07) is 0.630. The highest BCUT2D eigenvalue weighted by Crippen LogP contribution is 2.25. The molecule has 0 bridgehead atoms. The van der Waals surface area contributed by atoms with Crippen molar-refractivity contribution in [2.45, 2.75) is 50.9 Å². The van der Waals surface area contributed by atoms with E-state index in [-0.39, 0.29) is 12.6 Å². The molecule has 1 fully saturated rings. The molecule has 0 aromatic heterocycles. The average molecular weight is 238 g/mol. The number of alkyl halides is 3. The lowest BCUT2D eigenvalue weighted by molar-refractivity contribution is -0.138. The van der Waals surface area contributed by atoms with Crippen LogP contribution in [0.25, 0.3) is 0 Å². The molecular weight excluding hydrogens is 217 g/mol. The van der Waals surface area contributed by atoms with Crippen molar-refractivity contribution in [2.24, 2.45) is 0 Å². The maximum absolute atomic E-state index is 12.1. The number of hydrogen-bond acceptors (Lipinski definition) is 2. The molecule has 1 aliphatic carbocycles. The molecule has 5 heteroatoms. The SMILES string of the molecule is CCNC1CCCC1N(C)CCC(F)(F)F. The second kappa shape index (κ2) is 5.87. The van der Waals surface area contributed by atoms with Gasteiger partial charge in [0.25, 0.3) is 0 Å².